The van der Waals surface area contributed by atoms with Gasteiger partial charge in [0, 0.05) is 16.2 Å². The molecule has 0 fully saturated rings. The van der Waals surface area contributed by atoms with Crippen molar-refractivity contribution in [3.63, 3.8) is 0 Å². The molecule has 0 atom stereocenters. The Morgan fingerprint density at radius 2 is 0.652 bits per heavy atom. The van der Waals surface area contributed by atoms with Gasteiger partial charge in [0.15, 0.2) is 32.3 Å². The van der Waals surface area contributed by atoms with Crippen LogP contribution >= 0.6 is 0 Å². The van der Waals surface area contributed by atoms with Crippen LogP contribution in [0.4, 0.5) is 0 Å². The predicted octanol–water partition coefficient (Wildman–Crippen LogP) is 2.53. The molecule has 0 saturated carbocycles. The van der Waals surface area contributed by atoms with Crippen molar-refractivity contribution < 1.29 is 71.3 Å². The fraction of sp³-hybridized carbons (Fsp3) is 0. The largest absolute Gasteiger partial charge is 3.00 e. The Morgan fingerprint density at radius 3 is 0.870 bits per heavy atom. The fourth-order valence-corrected chi connectivity index (χ4v) is 5.39. The molecule has 0 aliphatic heterocycles. The van der Waals surface area contributed by atoms with Gasteiger partial charge in [-0.3, -0.25) is 0 Å². The zero-order valence-electron chi connectivity index (χ0n) is 22.6. The smallest absolute Gasteiger partial charge is 0.743 e. The minimum atomic E-state index is -4.74. The van der Waals surface area contributed by atoms with Gasteiger partial charge in [-0.15, -0.1) is 0 Å². The number of aromatic nitrogens is 3. The zero-order chi connectivity index (χ0) is 33.2. The molecule has 15 nitrogen and oxygen atoms in total. The second-order valence-corrected chi connectivity index (χ2v) is 12.8. The fourth-order valence-electron chi connectivity index (χ4n) is 3.81. The Hall–Kier alpha value is -4.46. The zero-order valence-corrected chi connectivity index (χ0v) is 26.1. The molecule has 3 aromatic heterocycles. The summed E-state index contributed by atoms with van der Waals surface area (Å²) in [6, 6.07) is 23.4. The summed E-state index contributed by atoms with van der Waals surface area (Å²) in [4.78, 5) is 10.8. The molecule has 46 heavy (non-hydrogen) atoms. The van der Waals surface area contributed by atoms with Crippen LogP contribution in [0.1, 0.15) is 0 Å². The van der Waals surface area contributed by atoms with Crippen LogP contribution in [-0.4, -0.2) is 69.2 Å². The van der Waals surface area contributed by atoms with Crippen molar-refractivity contribution in [3.8, 4) is 17.2 Å². The van der Waals surface area contributed by atoms with Crippen molar-refractivity contribution in [1.82, 2.24) is 15.0 Å². The molecule has 0 saturated heterocycles. The molecule has 0 spiro atoms. The second kappa shape index (κ2) is 13.9. The normalized spacial score (nSPS) is 11.5. The van der Waals surface area contributed by atoms with Gasteiger partial charge in [0.25, 0.3) is 0 Å². The maximum Gasteiger partial charge on any atom is 3.00 e. The Kier molecular flexibility index (Phi) is 10.9. The van der Waals surface area contributed by atoms with E-state index in [1.54, 1.807) is 72.8 Å². The average Bonchev–Trinajstić information content (AvgIpc) is 2.95. The standard InChI is InChI=1S/3C9H7NO4S.Fe/c3*11-8-5-6-3-1-2-4-7(6)10-9(8)15(12,13)14;/h3*1-5,11H,(H,12,13,14);/q;;;+3/p-3. The number of aromatic hydroxyl groups is 3. The number of hydrogen-bond donors (Lipinski definition) is 3. The summed E-state index contributed by atoms with van der Waals surface area (Å²) in [6.07, 6.45) is 0. The monoisotopic (exact) mass is 728 g/mol. The van der Waals surface area contributed by atoms with Gasteiger partial charge in [0.2, 0.25) is 0 Å². The second-order valence-electron chi connectivity index (χ2n) is 8.88. The third-order valence-electron chi connectivity index (χ3n) is 5.72. The molecule has 3 aromatic carbocycles. The third-order valence-corrected chi connectivity index (χ3v) is 8.04. The first-order chi connectivity index (χ1) is 20.9. The van der Waals surface area contributed by atoms with Crippen molar-refractivity contribution in [2.45, 2.75) is 15.1 Å². The number of benzene rings is 3. The molecule has 6 rings (SSSR count). The molecule has 6 aromatic rings. The average molecular weight is 728 g/mol. The number of hydrogen-bond acceptors (Lipinski definition) is 15. The van der Waals surface area contributed by atoms with Gasteiger partial charge >= 0.3 is 17.1 Å². The molecule has 0 aliphatic rings. The number of nitrogens with zero attached hydrogens (tertiary/aromatic N) is 3. The molecule has 239 valence electrons. The summed E-state index contributed by atoms with van der Waals surface area (Å²) in [5.74, 6) is -1.86. The Bertz CT molecular complexity index is 2140. The molecule has 0 amide bonds. The van der Waals surface area contributed by atoms with Gasteiger partial charge in [0.05, 0.1) is 16.6 Å². The summed E-state index contributed by atoms with van der Waals surface area (Å²) in [6.45, 7) is 0. The molecule has 19 heteroatoms. The van der Waals surface area contributed by atoms with Crippen LogP contribution in [0.3, 0.4) is 0 Å². The van der Waals surface area contributed by atoms with E-state index in [9.17, 15) is 54.2 Å². The van der Waals surface area contributed by atoms with Crippen LogP contribution in [0.25, 0.3) is 32.7 Å². The van der Waals surface area contributed by atoms with Crippen molar-refractivity contribution in [2.24, 2.45) is 0 Å². The van der Waals surface area contributed by atoms with E-state index < -0.39 is 62.7 Å². The molecular weight excluding hydrogens is 710 g/mol. The van der Waals surface area contributed by atoms with Crippen LogP contribution in [-0.2, 0) is 47.4 Å². The van der Waals surface area contributed by atoms with E-state index in [0.717, 1.165) is 0 Å². The molecule has 0 aliphatic carbocycles. The quantitative estimate of drug-likeness (QED) is 0.174. The van der Waals surface area contributed by atoms with Crippen LogP contribution in [0.5, 0.6) is 17.2 Å². The van der Waals surface area contributed by atoms with E-state index in [-0.39, 0.29) is 17.1 Å². The van der Waals surface area contributed by atoms with Crippen LogP contribution in [0.15, 0.2) is 106 Å². The maximum absolute atomic E-state index is 10.7. The van der Waals surface area contributed by atoms with Gasteiger partial charge < -0.3 is 29.0 Å². The maximum atomic E-state index is 10.7. The number of rotatable bonds is 3. The SMILES string of the molecule is O=S(=O)([O-])c1nc2ccccc2cc1O.O=S(=O)([O-])c1nc2ccccc2cc1O.O=S(=O)([O-])c1nc2ccccc2cc1O.[Fe+3]. The molecule has 3 heterocycles. The summed E-state index contributed by atoms with van der Waals surface area (Å²) in [5.41, 5.74) is 1.05. The predicted molar refractivity (Wildman–Crippen MR) is 154 cm³/mol. The molecule has 3 N–H and O–H groups in total. The van der Waals surface area contributed by atoms with Gasteiger partial charge in [-0.05, 0) is 36.4 Å². The van der Waals surface area contributed by atoms with E-state index in [1.165, 1.54) is 18.2 Å². The van der Waals surface area contributed by atoms with E-state index in [0.29, 0.717) is 32.7 Å². The molecule has 0 unspecified atom stereocenters. The van der Waals surface area contributed by atoms with E-state index in [2.05, 4.69) is 15.0 Å². The minimum absolute atomic E-state index is 0. The van der Waals surface area contributed by atoms with Crippen molar-refractivity contribution >= 4 is 63.1 Å². The number of fused-ring (bicyclic) bond motifs is 3. The van der Waals surface area contributed by atoms with Crippen molar-refractivity contribution in [3.05, 3.63) is 91.0 Å². The van der Waals surface area contributed by atoms with E-state index in [4.69, 9.17) is 0 Å². The number of para-hydroxylation sites is 3. The van der Waals surface area contributed by atoms with Gasteiger partial charge in [-0.25, -0.2) is 40.2 Å². The van der Waals surface area contributed by atoms with Gasteiger partial charge in [-0.2, -0.15) is 0 Å². The van der Waals surface area contributed by atoms with Crippen LogP contribution in [0, 0.1) is 0 Å². The first-order valence-electron chi connectivity index (χ1n) is 12.1. The Morgan fingerprint density at radius 1 is 0.435 bits per heavy atom. The number of pyridine rings is 3. The topological polar surface area (TPSA) is 271 Å². The first kappa shape index (κ1) is 36.0. The van der Waals surface area contributed by atoms with Crippen LogP contribution in [0.2, 0.25) is 0 Å². The summed E-state index contributed by atoms with van der Waals surface area (Å²) in [7, 11) is -14.2. The third kappa shape index (κ3) is 8.62. The van der Waals surface area contributed by atoms with E-state index in [1.807, 2.05) is 0 Å². The summed E-state index contributed by atoms with van der Waals surface area (Å²) < 4.78 is 96.5. The van der Waals surface area contributed by atoms with E-state index >= 15 is 0 Å². The van der Waals surface area contributed by atoms with Gasteiger partial charge in [0.1, 0.15) is 30.4 Å². The Balaban J connectivity index is 0.000000186. The van der Waals surface area contributed by atoms with Crippen molar-refractivity contribution in [1.29, 1.82) is 0 Å². The van der Waals surface area contributed by atoms with Crippen LogP contribution < -0.4 is 0 Å². The van der Waals surface area contributed by atoms with Crippen molar-refractivity contribution in [2.75, 3.05) is 0 Å². The summed E-state index contributed by atoms with van der Waals surface area (Å²) >= 11 is 0. The minimum Gasteiger partial charge on any atom is -0.743 e. The summed E-state index contributed by atoms with van der Waals surface area (Å²) in [5, 5.41) is 27.1. The molecule has 0 bridgehead atoms. The van der Waals surface area contributed by atoms with Gasteiger partial charge in [-0.1, -0.05) is 54.6 Å². The Labute approximate surface area is 271 Å². The molecular formula is C27H18FeN3O12S3. The first-order valence-corrected chi connectivity index (χ1v) is 16.3. The molecule has 1 radical (unpaired) electrons.